The number of amides is 2. The van der Waals surface area contributed by atoms with Gasteiger partial charge in [0.15, 0.2) is 11.5 Å². The highest BCUT2D eigenvalue weighted by Crippen LogP contribution is 2.34. The second-order valence-electron chi connectivity index (χ2n) is 5.29. The highest BCUT2D eigenvalue weighted by atomic mass is 16.5. The van der Waals surface area contributed by atoms with Crippen molar-refractivity contribution in [1.82, 2.24) is 4.90 Å². The number of likely N-dealkylation sites (tertiary alicyclic amines) is 1. The van der Waals surface area contributed by atoms with E-state index in [1.807, 2.05) is 4.90 Å². The molecule has 1 N–H and O–H groups in total. The van der Waals surface area contributed by atoms with Crippen molar-refractivity contribution in [2.45, 2.75) is 26.2 Å². The lowest BCUT2D eigenvalue weighted by Gasteiger charge is -2.27. The molecule has 1 fully saturated rings. The van der Waals surface area contributed by atoms with Gasteiger partial charge in [0.1, 0.15) is 0 Å². The minimum Gasteiger partial charge on any atom is -0.493 e. The number of nitrogens with one attached hydrogen (secondary N) is 1. The number of piperidine rings is 1. The van der Waals surface area contributed by atoms with Gasteiger partial charge in [0.05, 0.1) is 25.5 Å². The number of anilines is 1. The highest BCUT2D eigenvalue weighted by molar-refractivity contribution is 6.04. The molecule has 1 heterocycles. The van der Waals surface area contributed by atoms with Crippen LogP contribution in [0.2, 0.25) is 0 Å². The van der Waals surface area contributed by atoms with Crippen LogP contribution in [0.1, 0.15) is 36.5 Å². The fourth-order valence-corrected chi connectivity index (χ4v) is 2.62. The van der Waals surface area contributed by atoms with Gasteiger partial charge in [0.25, 0.3) is 5.91 Å². The molecule has 1 aliphatic heterocycles. The van der Waals surface area contributed by atoms with Crippen LogP contribution >= 0.6 is 0 Å². The number of ether oxygens (including phenoxy) is 2. The van der Waals surface area contributed by atoms with E-state index < -0.39 is 0 Å². The minimum atomic E-state index is -0.236. The fraction of sp³-hybridized carbons (Fsp3) is 0.500. The molecule has 6 nitrogen and oxygen atoms in total. The molecule has 1 aromatic rings. The summed E-state index contributed by atoms with van der Waals surface area (Å²) in [6.07, 6.45) is 3.16. The van der Waals surface area contributed by atoms with Gasteiger partial charge in [-0.3, -0.25) is 9.59 Å². The van der Waals surface area contributed by atoms with E-state index in [4.69, 9.17) is 9.47 Å². The first-order chi connectivity index (χ1) is 10.6. The number of methoxy groups -OCH3 is 2. The summed E-state index contributed by atoms with van der Waals surface area (Å²) in [7, 11) is 3.03. The van der Waals surface area contributed by atoms with Crippen LogP contribution in [0.4, 0.5) is 5.69 Å². The molecular formula is C16H22N2O4. The van der Waals surface area contributed by atoms with Gasteiger partial charge in [-0.1, -0.05) is 0 Å². The van der Waals surface area contributed by atoms with E-state index in [9.17, 15) is 9.59 Å². The van der Waals surface area contributed by atoms with E-state index in [0.29, 0.717) is 22.7 Å². The number of hydrogen-bond acceptors (Lipinski definition) is 4. The van der Waals surface area contributed by atoms with Crippen LogP contribution in [0.25, 0.3) is 0 Å². The second kappa shape index (κ2) is 7.15. The summed E-state index contributed by atoms with van der Waals surface area (Å²) in [6.45, 7) is 2.89. The highest BCUT2D eigenvalue weighted by Gasteiger charge is 2.23. The number of hydrogen-bond donors (Lipinski definition) is 1. The molecule has 1 saturated heterocycles. The topological polar surface area (TPSA) is 67.9 Å². The second-order valence-corrected chi connectivity index (χ2v) is 5.29. The first-order valence-corrected chi connectivity index (χ1v) is 7.39. The Morgan fingerprint density at radius 3 is 2.18 bits per heavy atom. The van der Waals surface area contributed by atoms with Crippen LogP contribution < -0.4 is 14.8 Å². The maximum atomic E-state index is 12.7. The molecule has 0 spiro atoms. The van der Waals surface area contributed by atoms with Crippen LogP contribution in [-0.2, 0) is 4.79 Å². The lowest BCUT2D eigenvalue weighted by Crippen LogP contribution is -2.36. The largest absolute Gasteiger partial charge is 0.493 e. The molecule has 0 aromatic heterocycles. The summed E-state index contributed by atoms with van der Waals surface area (Å²) in [4.78, 5) is 26.0. The zero-order valence-corrected chi connectivity index (χ0v) is 13.3. The summed E-state index contributed by atoms with van der Waals surface area (Å²) in [5.41, 5.74) is 0.871. The van der Waals surface area contributed by atoms with Gasteiger partial charge >= 0.3 is 0 Å². The summed E-state index contributed by atoms with van der Waals surface area (Å²) in [5.74, 6) is 0.614. The van der Waals surface area contributed by atoms with Crippen LogP contribution in [-0.4, -0.2) is 44.0 Å². The first kappa shape index (κ1) is 16.1. The predicted octanol–water partition coefficient (Wildman–Crippen LogP) is 2.29. The van der Waals surface area contributed by atoms with Gasteiger partial charge < -0.3 is 19.7 Å². The van der Waals surface area contributed by atoms with Gasteiger partial charge in [0, 0.05) is 26.1 Å². The van der Waals surface area contributed by atoms with Crippen LogP contribution in [0.3, 0.4) is 0 Å². The van der Waals surface area contributed by atoms with Crippen molar-refractivity contribution >= 4 is 17.5 Å². The fourth-order valence-electron chi connectivity index (χ4n) is 2.62. The molecule has 6 heteroatoms. The molecule has 0 unspecified atom stereocenters. The molecule has 120 valence electrons. The van der Waals surface area contributed by atoms with Gasteiger partial charge in [0.2, 0.25) is 5.91 Å². The number of rotatable bonds is 4. The average Bonchev–Trinajstić information content (AvgIpc) is 2.54. The Morgan fingerprint density at radius 2 is 1.64 bits per heavy atom. The van der Waals surface area contributed by atoms with Crippen molar-refractivity contribution in [2.24, 2.45) is 0 Å². The van der Waals surface area contributed by atoms with Crippen molar-refractivity contribution in [3.63, 3.8) is 0 Å². The van der Waals surface area contributed by atoms with E-state index >= 15 is 0 Å². The maximum absolute atomic E-state index is 12.7. The smallest absolute Gasteiger partial charge is 0.256 e. The summed E-state index contributed by atoms with van der Waals surface area (Å²) in [6, 6.07) is 3.25. The predicted molar refractivity (Wildman–Crippen MR) is 83.6 cm³/mol. The van der Waals surface area contributed by atoms with E-state index in [2.05, 4.69) is 5.32 Å². The third-order valence-electron chi connectivity index (χ3n) is 3.71. The molecule has 0 radical (unpaired) electrons. The molecule has 1 aromatic carbocycles. The summed E-state index contributed by atoms with van der Waals surface area (Å²) < 4.78 is 10.5. The molecule has 2 amide bonds. The van der Waals surface area contributed by atoms with E-state index in [1.54, 1.807) is 12.1 Å². The van der Waals surface area contributed by atoms with Crippen LogP contribution in [0.5, 0.6) is 11.5 Å². The van der Waals surface area contributed by atoms with Gasteiger partial charge in [-0.15, -0.1) is 0 Å². The quantitative estimate of drug-likeness (QED) is 0.926. The van der Waals surface area contributed by atoms with Gasteiger partial charge in [-0.05, 0) is 25.3 Å². The summed E-state index contributed by atoms with van der Waals surface area (Å²) >= 11 is 0. The lowest BCUT2D eigenvalue weighted by atomic mass is 10.1. The normalized spacial score (nSPS) is 14.4. The third-order valence-corrected chi connectivity index (χ3v) is 3.71. The molecule has 2 rings (SSSR count). The Hall–Kier alpha value is -2.24. The Morgan fingerprint density at radius 1 is 1.05 bits per heavy atom. The number of carbonyl (C=O) groups is 2. The van der Waals surface area contributed by atoms with Crippen molar-refractivity contribution in [3.8, 4) is 11.5 Å². The Labute approximate surface area is 130 Å². The SMILES string of the molecule is COc1cc(NC(C)=O)c(C(=O)N2CCCCC2)cc1OC. The van der Waals surface area contributed by atoms with E-state index in [-0.39, 0.29) is 11.8 Å². The molecule has 0 bridgehead atoms. The zero-order chi connectivity index (χ0) is 16.1. The van der Waals surface area contributed by atoms with Crippen molar-refractivity contribution in [1.29, 1.82) is 0 Å². The molecule has 1 aliphatic rings. The minimum absolute atomic E-state index is 0.0931. The van der Waals surface area contributed by atoms with Crippen molar-refractivity contribution < 1.29 is 19.1 Å². The molecule has 0 atom stereocenters. The molecule has 0 saturated carbocycles. The zero-order valence-electron chi connectivity index (χ0n) is 13.3. The van der Waals surface area contributed by atoms with E-state index in [0.717, 1.165) is 32.4 Å². The van der Waals surface area contributed by atoms with Gasteiger partial charge in [-0.2, -0.15) is 0 Å². The Bertz CT molecular complexity index is 566. The van der Waals surface area contributed by atoms with Crippen molar-refractivity contribution in [3.05, 3.63) is 17.7 Å². The standard InChI is InChI=1S/C16H22N2O4/c1-11(19)17-13-10-15(22-3)14(21-2)9-12(13)16(20)18-7-5-4-6-8-18/h9-10H,4-8H2,1-3H3,(H,17,19). The van der Waals surface area contributed by atoms with Crippen molar-refractivity contribution in [2.75, 3.05) is 32.6 Å². The number of carbonyl (C=O) groups excluding carboxylic acids is 2. The maximum Gasteiger partial charge on any atom is 0.256 e. The Balaban J connectivity index is 2.41. The number of nitrogens with zero attached hydrogens (tertiary/aromatic N) is 1. The Kier molecular flexibility index (Phi) is 5.25. The molecule has 0 aliphatic carbocycles. The molecule has 22 heavy (non-hydrogen) atoms. The third kappa shape index (κ3) is 3.50. The summed E-state index contributed by atoms with van der Waals surface area (Å²) in [5, 5.41) is 2.70. The average molecular weight is 306 g/mol. The first-order valence-electron chi connectivity index (χ1n) is 7.39. The van der Waals surface area contributed by atoms with Crippen LogP contribution in [0, 0.1) is 0 Å². The number of benzene rings is 1. The van der Waals surface area contributed by atoms with Gasteiger partial charge in [-0.25, -0.2) is 0 Å². The van der Waals surface area contributed by atoms with E-state index in [1.165, 1.54) is 21.1 Å². The molecular weight excluding hydrogens is 284 g/mol. The monoisotopic (exact) mass is 306 g/mol. The van der Waals surface area contributed by atoms with Crippen LogP contribution in [0.15, 0.2) is 12.1 Å². The lowest BCUT2D eigenvalue weighted by molar-refractivity contribution is -0.114.